The summed E-state index contributed by atoms with van der Waals surface area (Å²) in [5.41, 5.74) is -1.14. The first-order valence-corrected chi connectivity index (χ1v) is 12.1. The molecule has 10 heteroatoms. The Labute approximate surface area is 216 Å². The van der Waals surface area contributed by atoms with Crippen LogP contribution in [0.5, 0.6) is 0 Å². The molecule has 3 aromatic carbocycles. The Kier molecular flexibility index (Phi) is 8.08. The van der Waals surface area contributed by atoms with E-state index in [0.717, 1.165) is 30.5 Å². The second kappa shape index (κ2) is 11.1. The van der Waals surface area contributed by atoms with Crippen LogP contribution in [0, 0.1) is 0 Å². The molecule has 0 amide bonds. The molecule has 37 heavy (non-hydrogen) atoms. The SMILES string of the molecule is FC(F)(F)c1cc(NC(=S)N[C@@H](c2ccccc2)[C@@H]2CCCN2Cc2ccccc2)cc(C(F)(F)F)c1. The summed E-state index contributed by atoms with van der Waals surface area (Å²) in [5, 5.41) is 5.67. The maximum Gasteiger partial charge on any atom is 0.416 e. The number of likely N-dealkylation sites (tertiary alicyclic amines) is 1. The number of hydrogen-bond acceptors (Lipinski definition) is 2. The van der Waals surface area contributed by atoms with Gasteiger partial charge in [0.05, 0.1) is 17.2 Å². The normalized spacial score (nSPS) is 17.4. The zero-order valence-corrected chi connectivity index (χ0v) is 20.4. The van der Waals surface area contributed by atoms with Gasteiger partial charge < -0.3 is 10.6 Å². The molecule has 0 aromatic heterocycles. The molecule has 0 aliphatic carbocycles. The van der Waals surface area contributed by atoms with Gasteiger partial charge in [0.15, 0.2) is 5.11 Å². The number of benzene rings is 3. The van der Waals surface area contributed by atoms with Gasteiger partial charge in [0.2, 0.25) is 0 Å². The van der Waals surface area contributed by atoms with Crippen molar-refractivity contribution < 1.29 is 26.3 Å². The van der Waals surface area contributed by atoms with E-state index in [0.29, 0.717) is 18.7 Å². The van der Waals surface area contributed by atoms with Crippen molar-refractivity contribution in [2.45, 2.75) is 43.8 Å². The van der Waals surface area contributed by atoms with Gasteiger partial charge in [-0.25, -0.2) is 0 Å². The molecule has 3 nitrogen and oxygen atoms in total. The van der Waals surface area contributed by atoms with Gasteiger partial charge in [-0.1, -0.05) is 60.7 Å². The monoisotopic (exact) mass is 537 g/mol. The van der Waals surface area contributed by atoms with Crippen molar-refractivity contribution in [2.24, 2.45) is 0 Å². The Morgan fingerprint density at radius 1 is 0.865 bits per heavy atom. The minimum atomic E-state index is -4.94. The molecule has 2 N–H and O–H groups in total. The molecule has 0 unspecified atom stereocenters. The zero-order chi connectivity index (χ0) is 26.6. The van der Waals surface area contributed by atoms with E-state index in [2.05, 4.69) is 15.5 Å². The molecule has 1 aliphatic heterocycles. The van der Waals surface area contributed by atoms with Gasteiger partial charge in [0.25, 0.3) is 0 Å². The average Bonchev–Trinajstić information content (AvgIpc) is 3.30. The van der Waals surface area contributed by atoms with Crippen LogP contribution in [0.25, 0.3) is 0 Å². The first kappa shape index (κ1) is 26.9. The fourth-order valence-corrected chi connectivity index (χ4v) is 4.89. The highest BCUT2D eigenvalue weighted by atomic mass is 32.1. The summed E-state index contributed by atoms with van der Waals surface area (Å²) in [6.07, 6.45) is -8.09. The van der Waals surface area contributed by atoms with Gasteiger partial charge in [-0.3, -0.25) is 4.90 Å². The fraction of sp³-hybridized carbons (Fsp3) is 0.296. The van der Waals surface area contributed by atoms with Crippen LogP contribution in [-0.4, -0.2) is 22.6 Å². The van der Waals surface area contributed by atoms with E-state index in [9.17, 15) is 26.3 Å². The van der Waals surface area contributed by atoms with E-state index in [-0.39, 0.29) is 28.9 Å². The van der Waals surface area contributed by atoms with E-state index in [4.69, 9.17) is 12.2 Å². The molecule has 1 aliphatic rings. The van der Waals surface area contributed by atoms with Crippen LogP contribution < -0.4 is 10.6 Å². The molecule has 0 bridgehead atoms. The highest BCUT2D eigenvalue weighted by Crippen LogP contribution is 2.38. The molecule has 1 fully saturated rings. The van der Waals surface area contributed by atoms with Crippen molar-refractivity contribution in [1.82, 2.24) is 10.2 Å². The summed E-state index contributed by atoms with van der Waals surface area (Å²) in [5.74, 6) is 0. The molecule has 4 rings (SSSR count). The van der Waals surface area contributed by atoms with Crippen LogP contribution in [0.15, 0.2) is 78.9 Å². The Balaban J connectivity index is 1.58. The van der Waals surface area contributed by atoms with Crippen molar-refractivity contribution in [2.75, 3.05) is 11.9 Å². The van der Waals surface area contributed by atoms with Gasteiger partial charge in [0.1, 0.15) is 0 Å². The third-order valence-electron chi connectivity index (χ3n) is 6.32. The number of anilines is 1. The van der Waals surface area contributed by atoms with E-state index in [1.165, 1.54) is 0 Å². The number of rotatable bonds is 6. The Hall–Kier alpha value is -3.11. The van der Waals surface area contributed by atoms with E-state index < -0.39 is 23.5 Å². The third kappa shape index (κ3) is 7.01. The summed E-state index contributed by atoms with van der Waals surface area (Å²) in [4.78, 5) is 2.31. The lowest BCUT2D eigenvalue weighted by atomic mass is 9.97. The van der Waals surface area contributed by atoms with Gasteiger partial charge in [-0.2, -0.15) is 26.3 Å². The van der Waals surface area contributed by atoms with Crippen molar-refractivity contribution in [1.29, 1.82) is 0 Å². The van der Waals surface area contributed by atoms with Crippen LogP contribution in [0.4, 0.5) is 32.0 Å². The van der Waals surface area contributed by atoms with Crippen LogP contribution in [-0.2, 0) is 18.9 Å². The predicted molar refractivity (Wildman–Crippen MR) is 135 cm³/mol. The molecule has 0 radical (unpaired) electrons. The number of nitrogens with one attached hydrogen (secondary N) is 2. The summed E-state index contributed by atoms with van der Waals surface area (Å²) in [7, 11) is 0. The van der Waals surface area contributed by atoms with E-state index in [1.807, 2.05) is 60.7 Å². The summed E-state index contributed by atoms with van der Waals surface area (Å²) >= 11 is 5.39. The largest absolute Gasteiger partial charge is 0.416 e. The number of hydrogen-bond donors (Lipinski definition) is 2. The lowest BCUT2D eigenvalue weighted by molar-refractivity contribution is -0.143. The van der Waals surface area contributed by atoms with Crippen LogP contribution in [0.1, 0.15) is 41.1 Å². The van der Waals surface area contributed by atoms with Crippen molar-refractivity contribution in [3.05, 3.63) is 101 Å². The quantitative estimate of drug-likeness (QED) is 0.253. The number of thiocarbonyl (C=S) groups is 1. The fourth-order valence-electron chi connectivity index (χ4n) is 4.64. The average molecular weight is 538 g/mol. The molecule has 1 heterocycles. The minimum Gasteiger partial charge on any atom is -0.354 e. The maximum absolute atomic E-state index is 13.3. The smallest absolute Gasteiger partial charge is 0.354 e. The summed E-state index contributed by atoms with van der Waals surface area (Å²) in [6.45, 7) is 1.56. The minimum absolute atomic E-state index is 0.00889. The summed E-state index contributed by atoms with van der Waals surface area (Å²) in [6, 6.07) is 20.4. The van der Waals surface area contributed by atoms with E-state index >= 15 is 0 Å². The van der Waals surface area contributed by atoms with Crippen molar-refractivity contribution >= 4 is 23.0 Å². The summed E-state index contributed by atoms with van der Waals surface area (Å²) < 4.78 is 79.7. The van der Waals surface area contributed by atoms with Crippen LogP contribution >= 0.6 is 12.2 Å². The highest BCUT2D eigenvalue weighted by molar-refractivity contribution is 7.80. The zero-order valence-electron chi connectivity index (χ0n) is 19.6. The molecule has 0 saturated carbocycles. The Morgan fingerprint density at radius 3 is 2.00 bits per heavy atom. The molecule has 3 aromatic rings. The molecule has 2 atom stereocenters. The van der Waals surface area contributed by atoms with Gasteiger partial charge in [-0.05, 0) is 60.9 Å². The van der Waals surface area contributed by atoms with Crippen molar-refractivity contribution in [3.63, 3.8) is 0 Å². The standard InChI is InChI=1S/C27H25F6N3S/c28-26(29,30)20-14-21(27(31,32)33)16-22(15-20)34-25(37)35-24(19-10-5-2-6-11-19)23-12-7-13-36(23)17-18-8-3-1-4-9-18/h1-6,8-11,14-16,23-24H,7,12-13,17H2,(H2,34,35,37)/t23-,24-/m0/s1. The topological polar surface area (TPSA) is 27.3 Å². The molecule has 0 spiro atoms. The first-order chi connectivity index (χ1) is 17.5. The second-order valence-corrected chi connectivity index (χ2v) is 9.36. The first-order valence-electron chi connectivity index (χ1n) is 11.7. The van der Waals surface area contributed by atoms with Crippen LogP contribution in [0.3, 0.4) is 0 Å². The van der Waals surface area contributed by atoms with Crippen LogP contribution in [0.2, 0.25) is 0 Å². The lowest BCUT2D eigenvalue weighted by Crippen LogP contribution is -2.44. The molecule has 1 saturated heterocycles. The van der Waals surface area contributed by atoms with Gasteiger partial charge in [-0.15, -0.1) is 0 Å². The highest BCUT2D eigenvalue weighted by Gasteiger charge is 2.37. The molecule has 196 valence electrons. The molecular formula is C27H25F6N3S. The Bertz CT molecular complexity index is 1170. The second-order valence-electron chi connectivity index (χ2n) is 8.95. The van der Waals surface area contributed by atoms with Gasteiger partial charge in [0, 0.05) is 18.3 Å². The van der Waals surface area contributed by atoms with Gasteiger partial charge >= 0.3 is 12.4 Å². The lowest BCUT2D eigenvalue weighted by Gasteiger charge is -2.33. The van der Waals surface area contributed by atoms with Crippen molar-refractivity contribution in [3.8, 4) is 0 Å². The number of halogens is 6. The number of alkyl halides is 6. The maximum atomic E-state index is 13.3. The third-order valence-corrected chi connectivity index (χ3v) is 6.54. The predicted octanol–water partition coefficient (Wildman–Crippen LogP) is 7.42. The number of nitrogens with zero attached hydrogens (tertiary/aromatic N) is 1. The van der Waals surface area contributed by atoms with E-state index in [1.54, 1.807) is 0 Å². The molecular weight excluding hydrogens is 512 g/mol. The Morgan fingerprint density at radius 2 is 1.43 bits per heavy atom.